The molecule has 0 radical (unpaired) electrons. The highest BCUT2D eigenvalue weighted by Gasteiger charge is 2.36. The fourth-order valence-corrected chi connectivity index (χ4v) is 2.15. The number of rotatable bonds is 1. The molecule has 2 rings (SSSR count). The highest BCUT2D eigenvalue weighted by atomic mass is 16.4. The first-order chi connectivity index (χ1) is 6.31. The Morgan fingerprint density at radius 3 is 2.54 bits per heavy atom. The van der Waals surface area contributed by atoms with Crippen LogP contribution in [0.4, 0.5) is 0 Å². The topological polar surface area (TPSA) is 61.7 Å². The molecule has 2 bridgehead atoms. The van der Waals surface area contributed by atoms with Gasteiger partial charge < -0.3 is 10.5 Å². The van der Waals surface area contributed by atoms with Crippen molar-refractivity contribution in [3.63, 3.8) is 0 Å². The molecule has 0 aromatic rings. The molecule has 0 aromatic heterocycles. The molecule has 0 aliphatic heterocycles. The SMILES string of the molecule is CNC=O.ON=C1CC2CCC1C2. The lowest BCUT2D eigenvalue weighted by molar-refractivity contribution is -0.109. The molecular formula is C9H16N2O2. The minimum absolute atomic E-state index is 0.625. The summed E-state index contributed by atoms with van der Waals surface area (Å²) in [7, 11) is 1.56. The molecule has 4 heteroatoms. The summed E-state index contributed by atoms with van der Waals surface area (Å²) in [5.74, 6) is 1.51. The van der Waals surface area contributed by atoms with E-state index >= 15 is 0 Å². The zero-order valence-electron chi connectivity index (χ0n) is 7.86. The number of nitrogens with zero attached hydrogens (tertiary/aromatic N) is 1. The Morgan fingerprint density at radius 1 is 1.62 bits per heavy atom. The van der Waals surface area contributed by atoms with Crippen molar-refractivity contribution in [3.05, 3.63) is 0 Å². The van der Waals surface area contributed by atoms with Crippen LogP contribution in [0.5, 0.6) is 0 Å². The Balaban J connectivity index is 0.000000184. The molecule has 2 atom stereocenters. The molecule has 0 aromatic carbocycles. The largest absolute Gasteiger partial charge is 0.411 e. The quantitative estimate of drug-likeness (QED) is 0.363. The van der Waals surface area contributed by atoms with E-state index in [9.17, 15) is 0 Å². The van der Waals surface area contributed by atoms with Gasteiger partial charge in [-0.15, -0.1) is 0 Å². The summed E-state index contributed by atoms with van der Waals surface area (Å²) < 4.78 is 0. The molecule has 2 saturated carbocycles. The summed E-state index contributed by atoms with van der Waals surface area (Å²) >= 11 is 0. The molecule has 0 heterocycles. The van der Waals surface area contributed by atoms with Crippen LogP contribution in [0.1, 0.15) is 25.7 Å². The fraction of sp³-hybridized carbons (Fsp3) is 0.778. The molecule has 4 nitrogen and oxygen atoms in total. The first-order valence-electron chi connectivity index (χ1n) is 4.63. The molecule has 2 unspecified atom stereocenters. The molecule has 74 valence electrons. The van der Waals surface area contributed by atoms with E-state index in [0.717, 1.165) is 18.1 Å². The van der Waals surface area contributed by atoms with E-state index < -0.39 is 0 Å². The first kappa shape index (κ1) is 10.0. The van der Waals surface area contributed by atoms with Crippen LogP contribution in [0.25, 0.3) is 0 Å². The van der Waals surface area contributed by atoms with Crippen molar-refractivity contribution in [1.29, 1.82) is 0 Å². The van der Waals surface area contributed by atoms with Crippen LogP contribution in [0.15, 0.2) is 5.16 Å². The minimum atomic E-state index is 0.625. The molecule has 2 fully saturated rings. The number of oxime groups is 1. The summed E-state index contributed by atoms with van der Waals surface area (Å²) in [5, 5.41) is 14.0. The Hall–Kier alpha value is -1.06. The standard InChI is InChI=1S/C7H11NO.C2H5NO/c9-8-7-4-5-1-2-6(7)3-5;1-3-2-4/h5-6,9H,1-4H2;2H,1H3,(H,3,4). The number of hydrogen-bond acceptors (Lipinski definition) is 3. The average Bonchev–Trinajstić information content (AvgIpc) is 2.79. The second-order valence-corrected chi connectivity index (χ2v) is 3.58. The molecule has 0 spiro atoms. The first-order valence-corrected chi connectivity index (χ1v) is 4.63. The van der Waals surface area contributed by atoms with Gasteiger partial charge in [0.1, 0.15) is 0 Å². The molecule has 2 aliphatic carbocycles. The predicted molar refractivity (Wildman–Crippen MR) is 49.8 cm³/mol. The van der Waals surface area contributed by atoms with Crippen molar-refractivity contribution in [2.24, 2.45) is 17.0 Å². The summed E-state index contributed by atoms with van der Waals surface area (Å²) in [6.45, 7) is 0. The second-order valence-electron chi connectivity index (χ2n) is 3.58. The lowest BCUT2D eigenvalue weighted by atomic mass is 9.99. The second kappa shape index (κ2) is 4.84. The number of carbonyl (C=O) groups is 1. The Bertz CT molecular complexity index is 204. The predicted octanol–water partition coefficient (Wildman–Crippen LogP) is 0.999. The van der Waals surface area contributed by atoms with E-state index in [1.54, 1.807) is 7.05 Å². The average molecular weight is 184 g/mol. The Labute approximate surface area is 78.0 Å². The third-order valence-electron chi connectivity index (χ3n) is 2.76. The molecule has 0 saturated heterocycles. The van der Waals surface area contributed by atoms with Crippen LogP contribution < -0.4 is 5.32 Å². The van der Waals surface area contributed by atoms with Crippen LogP contribution >= 0.6 is 0 Å². The van der Waals surface area contributed by atoms with Crippen LogP contribution in [-0.2, 0) is 4.79 Å². The molecular weight excluding hydrogens is 168 g/mol. The third kappa shape index (κ3) is 2.44. The van der Waals surface area contributed by atoms with Gasteiger partial charge in [0.25, 0.3) is 0 Å². The van der Waals surface area contributed by atoms with Gasteiger partial charge in [-0.25, -0.2) is 0 Å². The molecule has 2 aliphatic rings. The van der Waals surface area contributed by atoms with Crippen molar-refractivity contribution < 1.29 is 10.0 Å². The number of amides is 1. The monoisotopic (exact) mass is 184 g/mol. The van der Waals surface area contributed by atoms with Crippen molar-refractivity contribution >= 4 is 12.1 Å². The van der Waals surface area contributed by atoms with Crippen LogP contribution in [0.2, 0.25) is 0 Å². The maximum absolute atomic E-state index is 9.06. The summed E-state index contributed by atoms with van der Waals surface area (Å²) in [4.78, 5) is 9.06. The molecule has 1 amide bonds. The van der Waals surface area contributed by atoms with Gasteiger partial charge in [0.05, 0.1) is 5.71 Å². The van der Waals surface area contributed by atoms with Gasteiger partial charge in [-0.3, -0.25) is 4.79 Å². The highest BCUT2D eigenvalue weighted by molar-refractivity contribution is 5.89. The normalized spacial score (nSPS) is 32.5. The van der Waals surface area contributed by atoms with Crippen LogP contribution in [-0.4, -0.2) is 24.4 Å². The maximum atomic E-state index is 9.06. The maximum Gasteiger partial charge on any atom is 0.206 e. The van der Waals surface area contributed by atoms with Crippen LogP contribution in [0, 0.1) is 11.8 Å². The van der Waals surface area contributed by atoms with Crippen molar-refractivity contribution in [2.45, 2.75) is 25.7 Å². The van der Waals surface area contributed by atoms with Gasteiger partial charge >= 0.3 is 0 Å². The lowest BCUT2D eigenvalue weighted by Gasteiger charge is -2.08. The van der Waals surface area contributed by atoms with Gasteiger partial charge in [0, 0.05) is 13.0 Å². The van der Waals surface area contributed by atoms with Gasteiger partial charge in [-0.2, -0.15) is 0 Å². The van der Waals surface area contributed by atoms with Gasteiger partial charge in [0.15, 0.2) is 0 Å². The Kier molecular flexibility index (Phi) is 3.73. The summed E-state index contributed by atoms with van der Waals surface area (Å²) in [6, 6.07) is 0. The van der Waals surface area contributed by atoms with E-state index in [2.05, 4.69) is 10.5 Å². The fourth-order valence-electron chi connectivity index (χ4n) is 2.15. The highest BCUT2D eigenvalue weighted by Crippen LogP contribution is 2.42. The lowest BCUT2D eigenvalue weighted by Crippen LogP contribution is -2.08. The van der Waals surface area contributed by atoms with Crippen LogP contribution in [0.3, 0.4) is 0 Å². The van der Waals surface area contributed by atoms with E-state index in [0.29, 0.717) is 12.3 Å². The zero-order valence-corrected chi connectivity index (χ0v) is 7.86. The third-order valence-corrected chi connectivity index (χ3v) is 2.76. The summed E-state index contributed by atoms with van der Waals surface area (Å²) in [5.41, 5.74) is 1.06. The number of hydrogen-bond donors (Lipinski definition) is 2. The van der Waals surface area contributed by atoms with Gasteiger partial charge in [0.2, 0.25) is 6.41 Å². The number of nitrogens with one attached hydrogen (secondary N) is 1. The van der Waals surface area contributed by atoms with Gasteiger partial charge in [-0.1, -0.05) is 5.16 Å². The van der Waals surface area contributed by atoms with E-state index in [-0.39, 0.29) is 0 Å². The number of fused-ring (bicyclic) bond motifs is 2. The molecule has 2 N–H and O–H groups in total. The molecule has 13 heavy (non-hydrogen) atoms. The minimum Gasteiger partial charge on any atom is -0.411 e. The number of carbonyl (C=O) groups excluding carboxylic acids is 1. The smallest absolute Gasteiger partial charge is 0.206 e. The zero-order chi connectivity index (χ0) is 9.68. The van der Waals surface area contributed by atoms with E-state index in [4.69, 9.17) is 10.0 Å². The van der Waals surface area contributed by atoms with E-state index in [1.807, 2.05) is 0 Å². The van der Waals surface area contributed by atoms with Crippen molar-refractivity contribution in [1.82, 2.24) is 5.32 Å². The Morgan fingerprint density at radius 2 is 2.31 bits per heavy atom. The van der Waals surface area contributed by atoms with E-state index in [1.165, 1.54) is 19.3 Å². The van der Waals surface area contributed by atoms with Crippen molar-refractivity contribution in [2.75, 3.05) is 7.05 Å². The van der Waals surface area contributed by atoms with Gasteiger partial charge in [-0.05, 0) is 31.6 Å². The summed E-state index contributed by atoms with van der Waals surface area (Å²) in [6.07, 6.45) is 5.62. The van der Waals surface area contributed by atoms with Crippen molar-refractivity contribution in [3.8, 4) is 0 Å².